The molecule has 3 amide bonds. The highest BCUT2D eigenvalue weighted by molar-refractivity contribution is 8.00. The number of aliphatic carboxylic acids is 1. The van der Waals surface area contributed by atoms with Crippen molar-refractivity contribution >= 4 is 57.6 Å². The van der Waals surface area contributed by atoms with Gasteiger partial charge in [0.05, 0.1) is 0 Å². The van der Waals surface area contributed by atoms with E-state index in [1.54, 1.807) is 23.6 Å². The number of allylic oxidation sites excluding steroid dienone is 1. The predicted molar refractivity (Wildman–Crippen MR) is 218 cm³/mol. The molecule has 2 atom stereocenters. The summed E-state index contributed by atoms with van der Waals surface area (Å²) in [5.41, 5.74) is 7.59. The maximum absolute atomic E-state index is 14.9. The Hall–Kier alpha value is -6.58. The summed E-state index contributed by atoms with van der Waals surface area (Å²) in [6.45, 7) is 0.346. The Morgan fingerprint density at radius 3 is 2.09 bits per heavy atom. The summed E-state index contributed by atoms with van der Waals surface area (Å²) in [7, 11) is 0. The van der Waals surface area contributed by atoms with Gasteiger partial charge in [-0.05, 0) is 29.2 Å². The summed E-state index contributed by atoms with van der Waals surface area (Å²) >= 11 is 2.32. The third kappa shape index (κ3) is 7.03. The van der Waals surface area contributed by atoms with Crippen LogP contribution in [0.25, 0.3) is 0 Å². The number of rotatable bonds is 12. The van der Waals surface area contributed by atoms with Gasteiger partial charge >= 0.3 is 5.97 Å². The van der Waals surface area contributed by atoms with Crippen LogP contribution in [0.5, 0.6) is 0 Å². The van der Waals surface area contributed by atoms with E-state index in [1.165, 1.54) is 17.8 Å². The number of hydrogen-bond donors (Lipinski definition) is 4. The fourth-order valence-electron chi connectivity index (χ4n) is 7.49. The number of thiazole rings is 1. The van der Waals surface area contributed by atoms with Gasteiger partial charge in [-0.2, -0.15) is 0 Å². The monoisotopic (exact) mass is 814 g/mol. The Morgan fingerprint density at radius 1 is 0.948 bits per heavy atom. The van der Waals surface area contributed by atoms with E-state index in [0.29, 0.717) is 24.1 Å². The molecule has 0 aliphatic carbocycles. The van der Waals surface area contributed by atoms with Crippen LogP contribution in [-0.2, 0) is 36.0 Å². The molecule has 58 heavy (non-hydrogen) atoms. The van der Waals surface area contributed by atoms with Gasteiger partial charge in [0, 0.05) is 46.4 Å². The topological polar surface area (TPSA) is 176 Å². The number of carbonyl (C=O) groups is 4. The van der Waals surface area contributed by atoms with Gasteiger partial charge in [-0.25, -0.2) is 14.2 Å². The molecule has 0 radical (unpaired) electrons. The second-order valence-electron chi connectivity index (χ2n) is 13.6. The minimum Gasteiger partial charge on any atom is -0.477 e. The average molecular weight is 815 g/mol. The number of carboxylic acid groups (broad SMARTS) is 1. The van der Waals surface area contributed by atoms with Gasteiger partial charge in [-0.1, -0.05) is 114 Å². The van der Waals surface area contributed by atoms with Crippen LogP contribution in [0.15, 0.2) is 148 Å². The van der Waals surface area contributed by atoms with E-state index >= 15 is 0 Å². The van der Waals surface area contributed by atoms with E-state index in [4.69, 9.17) is 10.6 Å². The smallest absolute Gasteiger partial charge is 0.352 e. The first-order valence-electron chi connectivity index (χ1n) is 18.3. The first kappa shape index (κ1) is 38.3. The minimum atomic E-state index is -1.39. The molecule has 3 aliphatic rings. The van der Waals surface area contributed by atoms with Gasteiger partial charge in [-0.15, -0.1) is 23.1 Å². The summed E-state index contributed by atoms with van der Waals surface area (Å²) in [5, 5.41) is 21.5. The molecular formula is C43H35FN6O6S2. The molecule has 1 aromatic heterocycles. The summed E-state index contributed by atoms with van der Waals surface area (Å²) < 4.78 is 14.9. The number of anilines is 1. The SMILES string of the molecule is Nc1nc(C(=NOC(c2ccccc2)(c2ccccc2)c2ccccc2)C(=O)N[C@@H]2C(=O)N3C(C(=O)O)=C(C(Cc4ccccc4F)=C4CCNC4=O)CS[C@H]23)cs1. The van der Waals surface area contributed by atoms with Crippen molar-refractivity contribution in [2.45, 2.75) is 29.9 Å². The van der Waals surface area contributed by atoms with Crippen molar-refractivity contribution in [2.75, 3.05) is 18.0 Å². The Balaban J connectivity index is 1.14. The van der Waals surface area contributed by atoms with Gasteiger partial charge in [-0.3, -0.25) is 19.3 Å². The van der Waals surface area contributed by atoms with E-state index < -0.39 is 40.6 Å². The van der Waals surface area contributed by atoms with Crippen LogP contribution in [0, 0.1) is 5.82 Å². The summed E-state index contributed by atoms with van der Waals surface area (Å²) in [6, 6.07) is 33.2. The lowest BCUT2D eigenvalue weighted by atomic mass is 9.80. The molecule has 5 aromatic rings. The zero-order valence-corrected chi connectivity index (χ0v) is 32.3. The number of oxime groups is 1. The Labute approximate surface area is 340 Å². The molecule has 4 aromatic carbocycles. The summed E-state index contributed by atoms with van der Waals surface area (Å²) in [4.78, 5) is 66.3. The lowest BCUT2D eigenvalue weighted by Gasteiger charge is -2.49. The molecule has 15 heteroatoms. The number of nitrogen functional groups attached to an aromatic ring is 1. The number of benzene rings is 4. The Morgan fingerprint density at radius 2 is 1.55 bits per heavy atom. The molecule has 4 heterocycles. The quantitative estimate of drug-likeness (QED) is 0.0424. The predicted octanol–water partition coefficient (Wildman–Crippen LogP) is 5.38. The van der Waals surface area contributed by atoms with Crippen LogP contribution in [0.2, 0.25) is 0 Å². The zero-order chi connectivity index (χ0) is 40.4. The minimum absolute atomic E-state index is 0.0536. The Kier molecular flexibility index (Phi) is 10.6. The first-order chi connectivity index (χ1) is 28.2. The number of nitrogens with two attached hydrogens (primary N) is 1. The molecule has 0 unspecified atom stereocenters. The molecule has 5 N–H and O–H groups in total. The number of hydrogen-bond acceptors (Lipinski definition) is 10. The molecule has 12 nitrogen and oxygen atoms in total. The number of carboxylic acids is 1. The number of β-lactam (4-membered cyclic amide) rings is 1. The second-order valence-corrected chi connectivity index (χ2v) is 15.6. The van der Waals surface area contributed by atoms with Crippen LogP contribution in [0.1, 0.15) is 34.4 Å². The third-order valence-corrected chi connectivity index (χ3v) is 12.2. The van der Waals surface area contributed by atoms with Crippen molar-refractivity contribution in [1.29, 1.82) is 0 Å². The number of halogens is 1. The van der Waals surface area contributed by atoms with E-state index in [0.717, 1.165) is 32.9 Å². The van der Waals surface area contributed by atoms with E-state index in [9.17, 15) is 28.7 Å². The van der Waals surface area contributed by atoms with Crippen LogP contribution < -0.4 is 16.4 Å². The van der Waals surface area contributed by atoms with Crippen molar-refractivity contribution in [1.82, 2.24) is 20.5 Å². The third-order valence-electron chi connectivity index (χ3n) is 10.2. The lowest BCUT2D eigenvalue weighted by molar-refractivity contribution is -0.150. The molecule has 3 aliphatic heterocycles. The van der Waals surface area contributed by atoms with Gasteiger partial charge in [0.1, 0.15) is 28.6 Å². The van der Waals surface area contributed by atoms with Gasteiger partial charge in [0.15, 0.2) is 10.8 Å². The fraction of sp³-hybridized carbons (Fsp3) is 0.163. The van der Waals surface area contributed by atoms with Crippen molar-refractivity contribution in [3.05, 3.63) is 177 Å². The van der Waals surface area contributed by atoms with Crippen LogP contribution >= 0.6 is 23.1 Å². The lowest BCUT2D eigenvalue weighted by Crippen LogP contribution is -2.71. The van der Waals surface area contributed by atoms with Crippen molar-refractivity contribution < 1.29 is 33.5 Å². The molecule has 2 saturated heterocycles. The average Bonchev–Trinajstić information content (AvgIpc) is 3.88. The van der Waals surface area contributed by atoms with Crippen LogP contribution in [0.3, 0.4) is 0 Å². The summed E-state index contributed by atoms with van der Waals surface area (Å²) in [6.07, 6.45) is 0.257. The maximum atomic E-state index is 14.9. The van der Waals surface area contributed by atoms with E-state index in [1.807, 2.05) is 91.0 Å². The van der Waals surface area contributed by atoms with Crippen LogP contribution in [0.4, 0.5) is 9.52 Å². The Bertz CT molecular complexity index is 2410. The highest BCUT2D eigenvalue weighted by atomic mass is 32.2. The molecule has 2 fully saturated rings. The maximum Gasteiger partial charge on any atom is 0.352 e. The van der Waals surface area contributed by atoms with E-state index in [2.05, 4.69) is 20.8 Å². The zero-order valence-electron chi connectivity index (χ0n) is 30.6. The fourth-order valence-corrected chi connectivity index (χ4v) is 9.42. The number of nitrogens with zero attached hydrogens (tertiary/aromatic N) is 3. The molecule has 0 bridgehead atoms. The first-order valence-corrected chi connectivity index (χ1v) is 20.2. The molecular weight excluding hydrogens is 780 g/mol. The van der Waals surface area contributed by atoms with E-state index in [-0.39, 0.29) is 51.5 Å². The number of thioether (sulfide) groups is 1. The second kappa shape index (κ2) is 16.1. The number of carbonyl (C=O) groups excluding carboxylic acids is 3. The van der Waals surface area contributed by atoms with Crippen molar-refractivity contribution in [3.63, 3.8) is 0 Å². The van der Waals surface area contributed by atoms with Gasteiger partial charge in [0.25, 0.3) is 11.8 Å². The van der Waals surface area contributed by atoms with Gasteiger partial charge < -0.3 is 26.3 Å². The molecule has 8 rings (SSSR count). The molecule has 0 saturated carbocycles. The van der Waals surface area contributed by atoms with Crippen molar-refractivity contribution in [2.24, 2.45) is 5.16 Å². The number of amides is 3. The van der Waals surface area contributed by atoms with Gasteiger partial charge in [0.2, 0.25) is 11.5 Å². The highest BCUT2D eigenvalue weighted by Gasteiger charge is 2.55. The molecule has 0 spiro atoms. The summed E-state index contributed by atoms with van der Waals surface area (Å²) in [5.74, 6) is -3.68. The van der Waals surface area contributed by atoms with Crippen LogP contribution in [-0.4, -0.2) is 68.1 Å². The number of aromatic nitrogens is 1. The standard InChI is InChI=1S/C43H35FN6O6S2/c44-32-19-11-10-12-25(32)22-30(29-20-21-46-37(29)51)31-23-57-40-35(39(53)50(40)36(31)41(54)55)48-38(52)34(33-24-58-42(45)47-33)49-56-43(26-13-4-1-5-14-26,27-15-6-2-7-16-27)28-17-8-3-9-18-28/h1-19,24,35,40H,20-23H2,(H2,45,47)(H,46,51)(H,48,52)(H,54,55)/t35-,40-/m1/s1. The normalized spacial score (nSPS) is 18.9. The largest absolute Gasteiger partial charge is 0.477 e. The molecule has 292 valence electrons. The van der Waals surface area contributed by atoms with Crippen molar-refractivity contribution in [3.8, 4) is 0 Å². The number of nitrogens with one attached hydrogen (secondary N) is 2. The number of fused-ring (bicyclic) bond motifs is 1. The highest BCUT2D eigenvalue weighted by Crippen LogP contribution is 2.44.